The summed E-state index contributed by atoms with van der Waals surface area (Å²) in [6.45, 7) is 1.34. The van der Waals surface area contributed by atoms with Crippen LogP contribution in [0.4, 0.5) is 11.6 Å². The first-order valence-electron chi connectivity index (χ1n) is 10.1. The van der Waals surface area contributed by atoms with Crippen LogP contribution >= 0.6 is 0 Å². The van der Waals surface area contributed by atoms with Gasteiger partial charge in [-0.25, -0.2) is 19.2 Å². The quantitative estimate of drug-likeness (QED) is 0.494. The molecule has 162 valence electrons. The molecule has 1 N–H and O–H groups in total. The van der Waals surface area contributed by atoms with E-state index in [0.717, 1.165) is 12.8 Å². The van der Waals surface area contributed by atoms with Crippen molar-refractivity contribution < 1.29 is 23.1 Å². The van der Waals surface area contributed by atoms with Gasteiger partial charge in [-0.15, -0.1) is 0 Å². The summed E-state index contributed by atoms with van der Waals surface area (Å²) in [4.78, 5) is 41.0. The number of Topliss-reactive ketones (excluding diaryl/α,β-unsaturated/α-hetero) is 1. The molecule has 2 aromatic heterocycles. The van der Waals surface area contributed by atoms with Crippen molar-refractivity contribution in [3.63, 3.8) is 0 Å². The van der Waals surface area contributed by atoms with Gasteiger partial charge in [0, 0.05) is 32.0 Å². The third-order valence-electron chi connectivity index (χ3n) is 5.72. The number of anilines is 2. The SMILES string of the molecule is O=C(c1ccc(O[C@@H]2CCN(c3cnc(N4CC(S(=O)O)C4)nc3)C2=O)cn1)C1CC1. The molecule has 10 nitrogen and oxygen atoms in total. The van der Waals surface area contributed by atoms with Gasteiger partial charge in [0.15, 0.2) is 23.0 Å². The van der Waals surface area contributed by atoms with Crippen LogP contribution in [-0.4, -0.2) is 66.4 Å². The van der Waals surface area contributed by atoms with Crippen LogP contribution in [0.3, 0.4) is 0 Å². The standard InChI is InChI=1S/C20H21N5O5S/c26-18(12-1-2-12)16-4-3-14(9-21-16)30-17-5-6-25(19(17)27)13-7-22-20(23-8-13)24-10-15(11-24)31(28)29/h3-4,7-9,12,15,17H,1-2,5-6,10-11H2,(H,28,29)/t17-/m1/s1. The van der Waals surface area contributed by atoms with E-state index in [0.29, 0.717) is 49.1 Å². The zero-order valence-electron chi connectivity index (χ0n) is 16.6. The van der Waals surface area contributed by atoms with Gasteiger partial charge in [-0.1, -0.05) is 0 Å². The monoisotopic (exact) mass is 443 g/mol. The molecule has 1 amide bonds. The smallest absolute Gasteiger partial charge is 0.268 e. The summed E-state index contributed by atoms with van der Waals surface area (Å²) < 4.78 is 25.9. The average molecular weight is 443 g/mol. The average Bonchev–Trinajstić information content (AvgIpc) is 3.52. The molecule has 1 aliphatic carbocycles. The van der Waals surface area contributed by atoms with Crippen LogP contribution in [0.15, 0.2) is 30.7 Å². The number of rotatable bonds is 7. The Morgan fingerprint density at radius 3 is 2.45 bits per heavy atom. The van der Waals surface area contributed by atoms with Crippen LogP contribution in [0, 0.1) is 5.92 Å². The topological polar surface area (TPSA) is 126 Å². The molecule has 2 atom stereocenters. The molecule has 1 saturated carbocycles. The van der Waals surface area contributed by atoms with Crippen molar-refractivity contribution in [3.05, 3.63) is 36.4 Å². The van der Waals surface area contributed by atoms with Gasteiger partial charge in [-0.2, -0.15) is 0 Å². The van der Waals surface area contributed by atoms with Crippen LogP contribution < -0.4 is 14.5 Å². The fraction of sp³-hybridized carbons (Fsp3) is 0.450. The first-order valence-corrected chi connectivity index (χ1v) is 11.3. The summed E-state index contributed by atoms with van der Waals surface area (Å²) in [5.41, 5.74) is 1.01. The Morgan fingerprint density at radius 1 is 1.10 bits per heavy atom. The first-order chi connectivity index (χ1) is 15.0. The molecule has 3 aliphatic rings. The fourth-order valence-corrected chi connectivity index (χ4v) is 4.30. The number of hydrogen-bond donors (Lipinski definition) is 1. The fourth-order valence-electron chi connectivity index (χ4n) is 3.68. The highest BCUT2D eigenvalue weighted by atomic mass is 32.2. The lowest BCUT2D eigenvalue weighted by Crippen LogP contribution is -2.53. The molecule has 2 aliphatic heterocycles. The summed E-state index contributed by atoms with van der Waals surface area (Å²) in [7, 11) is 0. The van der Waals surface area contributed by atoms with E-state index in [4.69, 9.17) is 9.29 Å². The molecule has 2 saturated heterocycles. The molecule has 0 spiro atoms. The normalized spacial score (nSPS) is 22.4. The maximum atomic E-state index is 12.8. The third kappa shape index (κ3) is 4.02. The first kappa shape index (κ1) is 20.0. The van der Waals surface area contributed by atoms with Gasteiger partial charge < -0.3 is 19.1 Å². The van der Waals surface area contributed by atoms with E-state index in [9.17, 15) is 13.8 Å². The third-order valence-corrected chi connectivity index (χ3v) is 6.59. The predicted molar refractivity (Wildman–Crippen MR) is 111 cm³/mol. The van der Waals surface area contributed by atoms with E-state index >= 15 is 0 Å². The number of ketones is 1. The Kier molecular flexibility index (Phi) is 5.14. The van der Waals surface area contributed by atoms with Crippen LogP contribution in [-0.2, 0) is 15.9 Å². The van der Waals surface area contributed by atoms with E-state index in [1.807, 2.05) is 4.90 Å². The van der Waals surface area contributed by atoms with Crippen molar-refractivity contribution in [1.29, 1.82) is 0 Å². The van der Waals surface area contributed by atoms with Gasteiger partial charge in [0.1, 0.15) is 11.4 Å². The van der Waals surface area contributed by atoms with Gasteiger partial charge >= 0.3 is 0 Å². The van der Waals surface area contributed by atoms with Crippen molar-refractivity contribution in [3.8, 4) is 5.75 Å². The lowest BCUT2D eigenvalue weighted by Gasteiger charge is -2.36. The highest BCUT2D eigenvalue weighted by Crippen LogP contribution is 2.32. The second kappa shape index (κ2) is 7.97. The summed E-state index contributed by atoms with van der Waals surface area (Å²) in [6, 6.07) is 3.32. The van der Waals surface area contributed by atoms with Crippen LogP contribution in [0.5, 0.6) is 5.75 Å². The number of ether oxygens (including phenoxy) is 1. The molecular weight excluding hydrogens is 422 g/mol. The van der Waals surface area contributed by atoms with E-state index in [1.54, 1.807) is 29.4 Å². The summed E-state index contributed by atoms with van der Waals surface area (Å²) in [5, 5.41) is -0.281. The van der Waals surface area contributed by atoms with Crippen molar-refractivity contribution in [2.75, 3.05) is 29.4 Å². The number of pyridine rings is 1. The largest absolute Gasteiger partial charge is 0.479 e. The Bertz CT molecular complexity index is 1020. The summed E-state index contributed by atoms with van der Waals surface area (Å²) >= 11 is -1.84. The molecule has 0 radical (unpaired) electrons. The Balaban J connectivity index is 1.19. The summed E-state index contributed by atoms with van der Waals surface area (Å²) in [5.74, 6) is 0.911. The lowest BCUT2D eigenvalue weighted by molar-refractivity contribution is -0.122. The number of amides is 1. The molecule has 0 bridgehead atoms. The Hall–Kier alpha value is -2.92. The summed E-state index contributed by atoms with van der Waals surface area (Å²) in [6.07, 6.45) is 6.37. The predicted octanol–water partition coefficient (Wildman–Crippen LogP) is 1.06. The number of carbonyl (C=O) groups is 2. The zero-order chi connectivity index (χ0) is 21.5. The molecule has 2 aromatic rings. The second-order valence-corrected chi connectivity index (χ2v) is 9.17. The van der Waals surface area contributed by atoms with E-state index in [2.05, 4.69) is 15.0 Å². The molecule has 1 unspecified atom stereocenters. The van der Waals surface area contributed by atoms with Gasteiger partial charge in [0.25, 0.3) is 5.91 Å². The van der Waals surface area contributed by atoms with Crippen LogP contribution in [0.25, 0.3) is 0 Å². The number of aromatic nitrogens is 3. The maximum Gasteiger partial charge on any atom is 0.268 e. The maximum absolute atomic E-state index is 12.8. The minimum absolute atomic E-state index is 0.0662. The van der Waals surface area contributed by atoms with Gasteiger partial charge in [-0.3, -0.25) is 9.59 Å². The zero-order valence-corrected chi connectivity index (χ0v) is 17.4. The van der Waals surface area contributed by atoms with Crippen molar-refractivity contribution in [2.45, 2.75) is 30.6 Å². The van der Waals surface area contributed by atoms with Crippen LogP contribution in [0.2, 0.25) is 0 Å². The van der Waals surface area contributed by atoms with Crippen LogP contribution in [0.1, 0.15) is 29.8 Å². The molecule has 31 heavy (non-hydrogen) atoms. The lowest BCUT2D eigenvalue weighted by atomic mass is 10.2. The highest BCUT2D eigenvalue weighted by Gasteiger charge is 2.36. The number of carbonyl (C=O) groups excluding carboxylic acids is 2. The molecule has 4 heterocycles. The molecule has 11 heteroatoms. The van der Waals surface area contributed by atoms with Crippen molar-refractivity contribution in [2.24, 2.45) is 5.92 Å². The van der Waals surface area contributed by atoms with Gasteiger partial charge in [-0.05, 0) is 25.0 Å². The Morgan fingerprint density at radius 2 is 1.84 bits per heavy atom. The van der Waals surface area contributed by atoms with E-state index < -0.39 is 17.2 Å². The minimum atomic E-state index is -1.84. The molecule has 5 rings (SSSR count). The highest BCUT2D eigenvalue weighted by molar-refractivity contribution is 7.80. The van der Waals surface area contributed by atoms with Crippen molar-refractivity contribution in [1.82, 2.24) is 15.0 Å². The minimum Gasteiger partial charge on any atom is -0.479 e. The van der Waals surface area contributed by atoms with Gasteiger partial charge in [0.05, 0.1) is 29.5 Å². The molecule has 3 fully saturated rings. The number of hydrogen-bond acceptors (Lipinski definition) is 8. The van der Waals surface area contributed by atoms with Crippen molar-refractivity contribution >= 4 is 34.4 Å². The second-order valence-electron chi connectivity index (χ2n) is 7.95. The molecular formula is C20H21N5O5S. The number of nitrogens with zero attached hydrogens (tertiary/aromatic N) is 5. The van der Waals surface area contributed by atoms with E-state index in [-0.39, 0.29) is 22.9 Å². The van der Waals surface area contributed by atoms with E-state index in [1.165, 1.54) is 6.20 Å². The molecule has 0 aromatic carbocycles. The Labute approximate surface area is 180 Å². The van der Waals surface area contributed by atoms with Gasteiger partial charge in [0.2, 0.25) is 5.95 Å².